The molecule has 2 amide bonds. The molecule has 0 aliphatic heterocycles. The SMILES string of the molecule is O=C(NNC(=O)C(c1ccccc1)n1cccn1)c1ccc(COc2ccc(Cl)cc2)cc1. The van der Waals surface area contributed by atoms with Gasteiger partial charge in [0.25, 0.3) is 11.8 Å². The molecular formula is C25H21ClN4O3. The molecular weight excluding hydrogens is 440 g/mol. The topological polar surface area (TPSA) is 85.3 Å². The number of hydrogen-bond acceptors (Lipinski definition) is 4. The lowest BCUT2D eigenvalue weighted by atomic mass is 10.1. The van der Waals surface area contributed by atoms with Gasteiger partial charge in [-0.1, -0.05) is 54.1 Å². The Balaban J connectivity index is 1.34. The van der Waals surface area contributed by atoms with Crippen LogP contribution in [0, 0.1) is 0 Å². The molecule has 2 N–H and O–H groups in total. The molecule has 4 rings (SSSR count). The first-order valence-electron chi connectivity index (χ1n) is 10.2. The largest absolute Gasteiger partial charge is 0.489 e. The standard InChI is InChI=1S/C25H21ClN4O3/c26-21-11-13-22(14-12-21)33-17-18-7-9-20(10-8-18)24(31)28-29-25(32)23(30-16-4-15-27-30)19-5-2-1-3-6-19/h1-16,23H,17H2,(H,28,31)(H,29,32). The number of aromatic nitrogens is 2. The fourth-order valence-corrected chi connectivity index (χ4v) is 3.33. The minimum absolute atomic E-state index is 0.350. The highest BCUT2D eigenvalue weighted by Gasteiger charge is 2.23. The predicted molar refractivity (Wildman–Crippen MR) is 125 cm³/mol. The summed E-state index contributed by atoms with van der Waals surface area (Å²) in [6.07, 6.45) is 3.30. The number of rotatable bonds is 7. The van der Waals surface area contributed by atoms with E-state index < -0.39 is 17.9 Å². The Hall–Kier alpha value is -4.10. The molecule has 8 heteroatoms. The summed E-state index contributed by atoms with van der Waals surface area (Å²) in [4.78, 5) is 25.4. The number of hydrazine groups is 1. The molecule has 0 saturated heterocycles. The summed E-state index contributed by atoms with van der Waals surface area (Å²) in [7, 11) is 0. The van der Waals surface area contributed by atoms with E-state index in [9.17, 15) is 9.59 Å². The van der Waals surface area contributed by atoms with Gasteiger partial charge in [0.2, 0.25) is 0 Å². The first-order chi connectivity index (χ1) is 16.1. The van der Waals surface area contributed by atoms with Crippen molar-refractivity contribution in [2.75, 3.05) is 0 Å². The van der Waals surface area contributed by atoms with Crippen molar-refractivity contribution in [3.05, 3.63) is 119 Å². The second-order valence-corrected chi connectivity index (χ2v) is 7.62. The summed E-state index contributed by atoms with van der Waals surface area (Å²) < 4.78 is 7.24. The maximum atomic E-state index is 12.9. The van der Waals surface area contributed by atoms with Crippen molar-refractivity contribution in [2.24, 2.45) is 0 Å². The fourth-order valence-electron chi connectivity index (χ4n) is 3.20. The average Bonchev–Trinajstić information content (AvgIpc) is 3.38. The molecule has 7 nitrogen and oxygen atoms in total. The fraction of sp³-hybridized carbons (Fsp3) is 0.0800. The first kappa shape index (κ1) is 22.1. The third kappa shape index (κ3) is 5.78. The van der Waals surface area contributed by atoms with Crippen LogP contribution in [0.5, 0.6) is 5.75 Å². The second kappa shape index (κ2) is 10.5. The molecule has 4 aromatic rings. The van der Waals surface area contributed by atoms with E-state index in [0.717, 1.165) is 11.1 Å². The Labute approximate surface area is 195 Å². The number of benzene rings is 3. The lowest BCUT2D eigenvalue weighted by Gasteiger charge is -2.18. The Morgan fingerprint density at radius 1 is 0.909 bits per heavy atom. The van der Waals surface area contributed by atoms with E-state index in [1.807, 2.05) is 30.3 Å². The Morgan fingerprint density at radius 3 is 2.30 bits per heavy atom. The summed E-state index contributed by atoms with van der Waals surface area (Å²) in [5.41, 5.74) is 7.02. The van der Waals surface area contributed by atoms with Crippen LogP contribution < -0.4 is 15.6 Å². The molecule has 33 heavy (non-hydrogen) atoms. The molecule has 166 valence electrons. The second-order valence-electron chi connectivity index (χ2n) is 7.18. The van der Waals surface area contributed by atoms with Crippen molar-refractivity contribution in [2.45, 2.75) is 12.6 Å². The van der Waals surface area contributed by atoms with Crippen molar-refractivity contribution in [1.82, 2.24) is 20.6 Å². The highest BCUT2D eigenvalue weighted by molar-refractivity contribution is 6.30. The Bertz CT molecular complexity index is 1190. The van der Waals surface area contributed by atoms with Crippen molar-refractivity contribution in [3.63, 3.8) is 0 Å². The lowest BCUT2D eigenvalue weighted by molar-refractivity contribution is -0.124. The monoisotopic (exact) mass is 460 g/mol. The molecule has 0 bridgehead atoms. The van der Waals surface area contributed by atoms with Gasteiger partial charge in [0.1, 0.15) is 12.4 Å². The molecule has 0 spiro atoms. The van der Waals surface area contributed by atoms with Crippen LogP contribution in [0.25, 0.3) is 0 Å². The molecule has 0 aliphatic rings. The highest BCUT2D eigenvalue weighted by Crippen LogP contribution is 2.18. The van der Waals surface area contributed by atoms with Crippen molar-refractivity contribution in [1.29, 1.82) is 0 Å². The Kier molecular flexibility index (Phi) is 7.02. The van der Waals surface area contributed by atoms with Crippen LogP contribution in [0.4, 0.5) is 0 Å². The number of carbonyl (C=O) groups is 2. The van der Waals surface area contributed by atoms with Crippen LogP contribution in [-0.4, -0.2) is 21.6 Å². The third-order valence-electron chi connectivity index (χ3n) is 4.89. The minimum atomic E-state index is -0.714. The van der Waals surface area contributed by atoms with Crippen LogP contribution in [0.15, 0.2) is 97.3 Å². The number of ether oxygens (including phenoxy) is 1. The van der Waals surface area contributed by atoms with Gasteiger partial charge < -0.3 is 4.74 Å². The normalized spacial score (nSPS) is 11.4. The van der Waals surface area contributed by atoms with Gasteiger partial charge in [0.05, 0.1) is 0 Å². The highest BCUT2D eigenvalue weighted by atomic mass is 35.5. The zero-order valence-corrected chi connectivity index (χ0v) is 18.3. The summed E-state index contributed by atoms with van der Waals surface area (Å²) in [5.74, 6) is -0.138. The van der Waals surface area contributed by atoms with Gasteiger partial charge in [-0.05, 0) is 53.6 Å². The number of hydrogen-bond donors (Lipinski definition) is 2. The average molecular weight is 461 g/mol. The van der Waals surface area contributed by atoms with Gasteiger partial charge in [-0.2, -0.15) is 5.10 Å². The number of halogens is 1. The van der Waals surface area contributed by atoms with Crippen molar-refractivity contribution in [3.8, 4) is 5.75 Å². The van der Waals surface area contributed by atoms with Gasteiger partial charge in [-0.3, -0.25) is 25.1 Å². The quantitative estimate of drug-likeness (QED) is 0.405. The van der Waals surface area contributed by atoms with Crippen LogP contribution >= 0.6 is 11.6 Å². The molecule has 0 aliphatic carbocycles. The molecule has 0 saturated carbocycles. The number of amides is 2. The van der Waals surface area contributed by atoms with Gasteiger partial charge >= 0.3 is 0 Å². The first-order valence-corrected chi connectivity index (χ1v) is 10.6. The maximum Gasteiger partial charge on any atom is 0.269 e. The smallest absolute Gasteiger partial charge is 0.269 e. The maximum absolute atomic E-state index is 12.9. The van der Waals surface area contributed by atoms with Gasteiger partial charge in [-0.15, -0.1) is 0 Å². The molecule has 1 unspecified atom stereocenters. The minimum Gasteiger partial charge on any atom is -0.489 e. The molecule has 1 aromatic heterocycles. The van der Waals surface area contributed by atoms with E-state index in [-0.39, 0.29) is 0 Å². The molecule has 3 aromatic carbocycles. The number of carbonyl (C=O) groups excluding carboxylic acids is 2. The van der Waals surface area contributed by atoms with Crippen molar-refractivity contribution < 1.29 is 14.3 Å². The zero-order chi connectivity index (χ0) is 23.0. The van der Waals surface area contributed by atoms with Crippen LogP contribution in [0.3, 0.4) is 0 Å². The predicted octanol–water partition coefficient (Wildman–Crippen LogP) is 4.17. The van der Waals surface area contributed by atoms with Gasteiger partial charge in [-0.25, -0.2) is 0 Å². The molecule has 1 atom stereocenters. The van der Waals surface area contributed by atoms with Crippen molar-refractivity contribution >= 4 is 23.4 Å². The van der Waals surface area contributed by atoms with Crippen LogP contribution in [0.1, 0.15) is 27.5 Å². The van der Waals surface area contributed by atoms with E-state index in [1.54, 1.807) is 67.0 Å². The number of nitrogens with zero attached hydrogens (tertiary/aromatic N) is 2. The lowest BCUT2D eigenvalue weighted by Crippen LogP contribution is -2.45. The summed E-state index contributed by atoms with van der Waals surface area (Å²) >= 11 is 5.87. The van der Waals surface area contributed by atoms with Gasteiger partial charge in [0, 0.05) is 23.0 Å². The summed E-state index contributed by atoms with van der Waals surface area (Å²) in [6, 6.07) is 24.3. The van der Waals surface area contributed by atoms with E-state index in [4.69, 9.17) is 16.3 Å². The Morgan fingerprint density at radius 2 is 1.64 bits per heavy atom. The van der Waals surface area contributed by atoms with E-state index >= 15 is 0 Å². The van der Waals surface area contributed by atoms with Crippen LogP contribution in [-0.2, 0) is 11.4 Å². The molecule has 0 fully saturated rings. The van der Waals surface area contributed by atoms with E-state index in [1.165, 1.54) is 4.68 Å². The van der Waals surface area contributed by atoms with E-state index in [2.05, 4.69) is 16.0 Å². The summed E-state index contributed by atoms with van der Waals surface area (Å²) in [6.45, 7) is 0.350. The van der Waals surface area contributed by atoms with Crippen LogP contribution in [0.2, 0.25) is 5.02 Å². The molecule has 0 radical (unpaired) electrons. The summed E-state index contributed by atoms with van der Waals surface area (Å²) in [5, 5.41) is 4.82. The zero-order valence-electron chi connectivity index (χ0n) is 17.5. The van der Waals surface area contributed by atoms with Gasteiger partial charge in [0.15, 0.2) is 6.04 Å². The number of nitrogens with one attached hydrogen (secondary N) is 2. The third-order valence-corrected chi connectivity index (χ3v) is 5.14. The van der Waals surface area contributed by atoms with E-state index in [0.29, 0.717) is 22.9 Å². The molecule has 1 heterocycles.